The summed E-state index contributed by atoms with van der Waals surface area (Å²) in [5, 5.41) is 7.28. The minimum atomic E-state index is -0.0614. The van der Waals surface area contributed by atoms with Crippen LogP contribution in [0.5, 0.6) is 0 Å². The van der Waals surface area contributed by atoms with Gasteiger partial charge in [-0.15, -0.1) is 0 Å². The number of nitrogens with zero attached hydrogens (tertiary/aromatic N) is 3. The standard InChI is InChI=1S/C22H30N4O3/c1-16(2)8-11-23-21(27)26-14-18(22(15-26)9-12-28-13-10-22)20-24-19(25-29-20)17-6-4-3-5-7-17/h3-7,16,18H,8-15H2,1-2H3,(H,23,27)/t18-/m1/s1. The van der Waals surface area contributed by atoms with Crippen molar-refractivity contribution in [1.29, 1.82) is 0 Å². The maximum absolute atomic E-state index is 12.8. The van der Waals surface area contributed by atoms with E-state index in [1.165, 1.54) is 0 Å². The van der Waals surface area contributed by atoms with Gasteiger partial charge in [0.25, 0.3) is 0 Å². The number of hydrogen-bond acceptors (Lipinski definition) is 5. The van der Waals surface area contributed by atoms with Crippen LogP contribution in [0, 0.1) is 11.3 Å². The summed E-state index contributed by atoms with van der Waals surface area (Å²) in [5.74, 6) is 1.83. The summed E-state index contributed by atoms with van der Waals surface area (Å²) >= 11 is 0. The lowest BCUT2D eigenvalue weighted by Gasteiger charge is -2.36. The van der Waals surface area contributed by atoms with Crippen molar-refractivity contribution in [1.82, 2.24) is 20.4 Å². The summed E-state index contributed by atoms with van der Waals surface area (Å²) in [4.78, 5) is 19.4. The van der Waals surface area contributed by atoms with Crippen LogP contribution in [0.3, 0.4) is 0 Å². The monoisotopic (exact) mass is 398 g/mol. The van der Waals surface area contributed by atoms with Crippen LogP contribution in [0.2, 0.25) is 0 Å². The van der Waals surface area contributed by atoms with Crippen LogP contribution < -0.4 is 5.32 Å². The maximum atomic E-state index is 12.8. The van der Waals surface area contributed by atoms with E-state index in [4.69, 9.17) is 14.2 Å². The van der Waals surface area contributed by atoms with Crippen LogP contribution in [0.1, 0.15) is 44.9 Å². The number of carbonyl (C=O) groups excluding carboxylic acids is 1. The van der Waals surface area contributed by atoms with Crippen molar-refractivity contribution in [2.45, 2.75) is 39.0 Å². The lowest BCUT2D eigenvalue weighted by Crippen LogP contribution is -2.41. The summed E-state index contributed by atoms with van der Waals surface area (Å²) in [6, 6.07) is 9.84. The quantitative estimate of drug-likeness (QED) is 0.831. The number of benzene rings is 1. The van der Waals surface area contributed by atoms with E-state index in [-0.39, 0.29) is 17.4 Å². The largest absolute Gasteiger partial charge is 0.381 e. The van der Waals surface area contributed by atoms with Gasteiger partial charge in [0.1, 0.15) is 0 Å². The van der Waals surface area contributed by atoms with E-state index in [0.29, 0.717) is 50.5 Å². The van der Waals surface area contributed by atoms with Crippen molar-refractivity contribution >= 4 is 6.03 Å². The number of ether oxygens (including phenoxy) is 1. The summed E-state index contributed by atoms with van der Waals surface area (Å²) in [6.07, 6.45) is 2.78. The molecule has 2 fully saturated rings. The van der Waals surface area contributed by atoms with Crippen molar-refractivity contribution in [3.05, 3.63) is 36.2 Å². The third-order valence-corrected chi connectivity index (χ3v) is 6.19. The molecule has 2 saturated heterocycles. The van der Waals surface area contributed by atoms with Gasteiger partial charge in [0.2, 0.25) is 11.7 Å². The highest BCUT2D eigenvalue weighted by molar-refractivity contribution is 5.74. The van der Waals surface area contributed by atoms with Gasteiger partial charge in [-0.25, -0.2) is 4.79 Å². The van der Waals surface area contributed by atoms with Crippen LogP contribution in [0.25, 0.3) is 11.4 Å². The predicted molar refractivity (Wildman–Crippen MR) is 109 cm³/mol. The molecule has 0 saturated carbocycles. The van der Waals surface area contributed by atoms with Gasteiger partial charge in [0, 0.05) is 43.8 Å². The number of aromatic nitrogens is 2. The molecule has 4 rings (SSSR count). The molecule has 2 aliphatic heterocycles. The first-order valence-electron chi connectivity index (χ1n) is 10.6. The predicted octanol–water partition coefficient (Wildman–Crippen LogP) is 3.69. The fourth-order valence-electron chi connectivity index (χ4n) is 4.41. The van der Waals surface area contributed by atoms with E-state index < -0.39 is 0 Å². The molecule has 1 atom stereocenters. The Morgan fingerprint density at radius 2 is 2.03 bits per heavy atom. The first-order chi connectivity index (χ1) is 14.1. The topological polar surface area (TPSA) is 80.5 Å². The smallest absolute Gasteiger partial charge is 0.317 e. The Morgan fingerprint density at radius 3 is 2.76 bits per heavy atom. The van der Waals surface area contributed by atoms with Gasteiger partial charge in [-0.1, -0.05) is 49.3 Å². The van der Waals surface area contributed by atoms with Crippen molar-refractivity contribution in [3.63, 3.8) is 0 Å². The number of amides is 2. The Labute approximate surface area is 171 Å². The van der Waals surface area contributed by atoms with Crippen molar-refractivity contribution < 1.29 is 14.1 Å². The van der Waals surface area contributed by atoms with E-state index in [0.717, 1.165) is 24.8 Å². The summed E-state index contributed by atoms with van der Waals surface area (Å²) < 4.78 is 11.3. The van der Waals surface area contributed by atoms with Gasteiger partial charge in [-0.2, -0.15) is 4.98 Å². The molecular formula is C22H30N4O3. The summed E-state index contributed by atoms with van der Waals surface area (Å²) in [7, 11) is 0. The average Bonchev–Trinajstić information content (AvgIpc) is 3.34. The summed E-state index contributed by atoms with van der Waals surface area (Å²) in [5.41, 5.74) is 0.874. The van der Waals surface area contributed by atoms with E-state index in [1.54, 1.807) is 0 Å². The van der Waals surface area contributed by atoms with Gasteiger partial charge in [0.05, 0.1) is 5.92 Å². The lowest BCUT2D eigenvalue weighted by molar-refractivity contribution is 0.00943. The molecule has 1 aromatic heterocycles. The minimum absolute atomic E-state index is 0.00168. The highest BCUT2D eigenvalue weighted by Gasteiger charge is 2.51. The van der Waals surface area contributed by atoms with Gasteiger partial charge < -0.3 is 19.5 Å². The van der Waals surface area contributed by atoms with Crippen molar-refractivity contribution in [3.8, 4) is 11.4 Å². The van der Waals surface area contributed by atoms with E-state index in [9.17, 15) is 4.79 Å². The SMILES string of the molecule is CC(C)CCNC(=O)N1C[C@H](c2nc(-c3ccccc3)no2)C2(CCOCC2)C1. The Hall–Kier alpha value is -2.41. The molecule has 2 amide bonds. The third kappa shape index (κ3) is 4.29. The lowest BCUT2D eigenvalue weighted by atomic mass is 9.72. The molecule has 1 N–H and O–H groups in total. The second-order valence-corrected chi connectivity index (χ2v) is 8.64. The molecule has 156 valence electrons. The molecular weight excluding hydrogens is 368 g/mol. The van der Waals surface area contributed by atoms with Crippen molar-refractivity contribution in [2.75, 3.05) is 32.8 Å². The van der Waals surface area contributed by atoms with E-state index in [1.807, 2.05) is 35.2 Å². The maximum Gasteiger partial charge on any atom is 0.317 e. The van der Waals surface area contributed by atoms with Gasteiger partial charge in [-0.05, 0) is 25.2 Å². The Balaban J connectivity index is 1.53. The average molecular weight is 399 g/mol. The highest BCUT2D eigenvalue weighted by atomic mass is 16.5. The Bertz CT molecular complexity index is 814. The molecule has 0 unspecified atom stereocenters. The van der Waals surface area contributed by atoms with E-state index >= 15 is 0 Å². The van der Waals surface area contributed by atoms with Gasteiger partial charge in [-0.3, -0.25) is 0 Å². The molecule has 2 aliphatic rings. The zero-order valence-electron chi connectivity index (χ0n) is 17.3. The number of hydrogen-bond donors (Lipinski definition) is 1. The van der Waals surface area contributed by atoms with Gasteiger partial charge in [0.15, 0.2) is 0 Å². The highest BCUT2D eigenvalue weighted by Crippen LogP contribution is 2.49. The molecule has 7 heteroatoms. The van der Waals surface area contributed by atoms with E-state index in [2.05, 4.69) is 24.3 Å². The molecule has 0 radical (unpaired) electrons. The zero-order valence-corrected chi connectivity index (χ0v) is 17.3. The van der Waals surface area contributed by atoms with Gasteiger partial charge >= 0.3 is 6.03 Å². The molecule has 0 aliphatic carbocycles. The second-order valence-electron chi connectivity index (χ2n) is 8.64. The van der Waals surface area contributed by atoms with Crippen LogP contribution in [-0.4, -0.2) is 53.9 Å². The number of carbonyl (C=O) groups is 1. The molecule has 2 aromatic rings. The molecule has 29 heavy (non-hydrogen) atoms. The van der Waals surface area contributed by atoms with Crippen molar-refractivity contribution in [2.24, 2.45) is 11.3 Å². The first kappa shape index (κ1) is 19.9. The molecule has 3 heterocycles. The van der Waals surface area contributed by atoms with Crippen LogP contribution in [-0.2, 0) is 4.74 Å². The Morgan fingerprint density at radius 1 is 1.28 bits per heavy atom. The summed E-state index contributed by atoms with van der Waals surface area (Å²) in [6.45, 7) is 7.75. The number of urea groups is 1. The Kier molecular flexibility index (Phi) is 5.85. The zero-order chi connectivity index (χ0) is 20.3. The van der Waals surface area contributed by atoms with Crippen LogP contribution in [0.15, 0.2) is 34.9 Å². The molecule has 7 nitrogen and oxygen atoms in total. The molecule has 1 spiro atoms. The fourth-order valence-corrected chi connectivity index (χ4v) is 4.41. The molecule has 0 bridgehead atoms. The van der Waals surface area contributed by atoms with Crippen LogP contribution in [0.4, 0.5) is 4.79 Å². The first-order valence-corrected chi connectivity index (χ1v) is 10.6. The number of nitrogens with one attached hydrogen (secondary N) is 1. The normalized spacial score (nSPS) is 21.1. The number of rotatable bonds is 5. The molecule has 1 aromatic carbocycles. The minimum Gasteiger partial charge on any atom is -0.381 e. The second kappa shape index (κ2) is 8.53. The third-order valence-electron chi connectivity index (χ3n) is 6.19. The fraction of sp³-hybridized carbons (Fsp3) is 0.591. The van der Waals surface area contributed by atoms with Crippen LogP contribution >= 0.6 is 0 Å². The number of likely N-dealkylation sites (tertiary alicyclic amines) is 1.